The molecule has 5 heteroatoms. The third-order valence-electron chi connectivity index (χ3n) is 4.24. The van der Waals surface area contributed by atoms with Crippen LogP contribution in [0.4, 0.5) is 4.39 Å². The smallest absolute Gasteiger partial charge is 0.135 e. The van der Waals surface area contributed by atoms with E-state index in [2.05, 4.69) is 21.2 Å². The van der Waals surface area contributed by atoms with Crippen molar-refractivity contribution in [1.29, 1.82) is 0 Å². The van der Waals surface area contributed by atoms with E-state index in [-0.39, 0.29) is 5.82 Å². The Morgan fingerprint density at radius 2 is 1.95 bits per heavy atom. The summed E-state index contributed by atoms with van der Waals surface area (Å²) < 4.78 is 14.9. The molecule has 1 saturated heterocycles. The Labute approximate surface area is 130 Å². The van der Waals surface area contributed by atoms with Gasteiger partial charge in [0, 0.05) is 19.5 Å². The highest BCUT2D eigenvalue weighted by molar-refractivity contribution is 5.48. The van der Waals surface area contributed by atoms with E-state index in [1.165, 1.54) is 12.1 Å². The number of hydrogen-bond donors (Lipinski definition) is 0. The number of hydrogen-bond acceptors (Lipinski definition) is 3. The number of likely N-dealkylation sites (tertiary alicyclic amines) is 1. The van der Waals surface area contributed by atoms with Crippen LogP contribution < -0.4 is 0 Å². The molecule has 3 rings (SSSR count). The van der Waals surface area contributed by atoms with Crippen LogP contribution in [-0.2, 0) is 7.05 Å². The fourth-order valence-corrected chi connectivity index (χ4v) is 2.95. The molecule has 0 N–H and O–H groups in total. The number of aryl methyl sites for hydroxylation is 1. The Morgan fingerprint density at radius 1 is 1.23 bits per heavy atom. The molecule has 1 aliphatic heterocycles. The monoisotopic (exact) mass is 300 g/mol. The highest BCUT2D eigenvalue weighted by atomic mass is 19.1. The largest absolute Gasteiger partial charge is 0.320 e. The molecule has 0 saturated carbocycles. The van der Waals surface area contributed by atoms with Crippen molar-refractivity contribution >= 4 is 6.08 Å². The lowest BCUT2D eigenvalue weighted by molar-refractivity contribution is 0.227. The van der Waals surface area contributed by atoms with E-state index in [9.17, 15) is 4.39 Å². The van der Waals surface area contributed by atoms with Crippen LogP contribution >= 0.6 is 0 Å². The van der Waals surface area contributed by atoms with E-state index < -0.39 is 0 Å². The summed E-state index contributed by atoms with van der Waals surface area (Å²) in [6.07, 6.45) is 8.21. The molecule has 2 heterocycles. The van der Waals surface area contributed by atoms with E-state index in [1.54, 1.807) is 18.5 Å². The van der Waals surface area contributed by atoms with E-state index in [0.717, 1.165) is 43.9 Å². The molecule has 0 radical (unpaired) electrons. The van der Waals surface area contributed by atoms with Crippen LogP contribution in [0.1, 0.15) is 30.1 Å². The molecule has 0 amide bonds. The topological polar surface area (TPSA) is 34.0 Å². The Balaban J connectivity index is 1.48. The standard InChI is InChI=1S/C17H21FN4/c1-21-13-19-20-17(21)15-8-11-22(12-9-15)10-2-3-14-4-6-16(18)7-5-14/h2-7,13,15H,8-12H2,1H3. The maximum absolute atomic E-state index is 12.8. The Bertz CT molecular complexity index is 624. The highest BCUT2D eigenvalue weighted by Crippen LogP contribution is 2.25. The lowest BCUT2D eigenvalue weighted by Gasteiger charge is -2.30. The van der Waals surface area contributed by atoms with Crippen molar-refractivity contribution in [2.24, 2.45) is 7.05 Å². The first-order valence-electron chi connectivity index (χ1n) is 7.71. The molecule has 1 aromatic heterocycles. The number of halogens is 1. The van der Waals surface area contributed by atoms with Gasteiger partial charge in [-0.3, -0.25) is 4.90 Å². The van der Waals surface area contributed by atoms with Gasteiger partial charge in [-0.1, -0.05) is 24.3 Å². The van der Waals surface area contributed by atoms with Gasteiger partial charge in [0.25, 0.3) is 0 Å². The van der Waals surface area contributed by atoms with Gasteiger partial charge in [0.05, 0.1) is 0 Å². The summed E-state index contributed by atoms with van der Waals surface area (Å²) in [5, 5.41) is 8.19. The second kappa shape index (κ2) is 6.83. The number of nitrogens with zero attached hydrogens (tertiary/aromatic N) is 4. The zero-order chi connectivity index (χ0) is 15.4. The van der Waals surface area contributed by atoms with Crippen LogP contribution in [0.5, 0.6) is 0 Å². The summed E-state index contributed by atoms with van der Waals surface area (Å²) in [7, 11) is 2.01. The summed E-state index contributed by atoms with van der Waals surface area (Å²) in [5.74, 6) is 1.43. The van der Waals surface area contributed by atoms with Gasteiger partial charge in [-0.25, -0.2) is 4.39 Å². The summed E-state index contributed by atoms with van der Waals surface area (Å²) in [5.41, 5.74) is 1.04. The average molecular weight is 300 g/mol. The predicted octanol–water partition coefficient (Wildman–Crippen LogP) is 2.85. The molecule has 2 aromatic rings. The van der Waals surface area contributed by atoms with Crippen molar-refractivity contribution in [3.8, 4) is 0 Å². The molecule has 1 aromatic carbocycles. The number of rotatable bonds is 4. The van der Waals surface area contributed by atoms with E-state index in [4.69, 9.17) is 0 Å². The van der Waals surface area contributed by atoms with Gasteiger partial charge in [0.15, 0.2) is 0 Å². The zero-order valence-corrected chi connectivity index (χ0v) is 12.8. The summed E-state index contributed by atoms with van der Waals surface area (Å²) >= 11 is 0. The molecule has 0 aliphatic carbocycles. The van der Waals surface area contributed by atoms with E-state index in [1.807, 2.05) is 17.7 Å². The highest BCUT2D eigenvalue weighted by Gasteiger charge is 2.22. The molecule has 0 atom stereocenters. The minimum absolute atomic E-state index is 0.192. The summed E-state index contributed by atoms with van der Waals surface area (Å²) in [6.45, 7) is 3.08. The van der Waals surface area contributed by atoms with Crippen LogP contribution in [0.15, 0.2) is 36.7 Å². The minimum atomic E-state index is -0.192. The van der Waals surface area contributed by atoms with Crippen molar-refractivity contribution in [1.82, 2.24) is 19.7 Å². The molecule has 0 bridgehead atoms. The summed E-state index contributed by atoms with van der Waals surface area (Å²) in [4.78, 5) is 2.44. The van der Waals surface area contributed by atoms with Gasteiger partial charge in [0.2, 0.25) is 0 Å². The van der Waals surface area contributed by atoms with Crippen LogP contribution in [0.2, 0.25) is 0 Å². The second-order valence-corrected chi connectivity index (χ2v) is 5.83. The van der Waals surface area contributed by atoms with Gasteiger partial charge in [-0.15, -0.1) is 10.2 Å². The van der Waals surface area contributed by atoms with Crippen LogP contribution in [0.25, 0.3) is 6.08 Å². The van der Waals surface area contributed by atoms with Gasteiger partial charge in [-0.2, -0.15) is 0 Å². The third-order valence-corrected chi connectivity index (χ3v) is 4.24. The van der Waals surface area contributed by atoms with Crippen LogP contribution in [0, 0.1) is 5.82 Å². The maximum Gasteiger partial charge on any atom is 0.135 e. The zero-order valence-electron chi connectivity index (χ0n) is 12.8. The van der Waals surface area contributed by atoms with Gasteiger partial charge < -0.3 is 4.57 Å². The van der Waals surface area contributed by atoms with Crippen LogP contribution in [0.3, 0.4) is 0 Å². The molecule has 0 spiro atoms. The summed E-state index contributed by atoms with van der Waals surface area (Å²) in [6, 6.07) is 6.58. The molecule has 4 nitrogen and oxygen atoms in total. The van der Waals surface area contributed by atoms with E-state index in [0.29, 0.717) is 5.92 Å². The maximum atomic E-state index is 12.8. The lowest BCUT2D eigenvalue weighted by atomic mass is 9.96. The number of aromatic nitrogens is 3. The van der Waals surface area contributed by atoms with Gasteiger partial charge in [0.1, 0.15) is 18.0 Å². The molecule has 116 valence electrons. The molecule has 1 fully saturated rings. The Morgan fingerprint density at radius 3 is 2.59 bits per heavy atom. The molecule has 1 aliphatic rings. The second-order valence-electron chi connectivity index (χ2n) is 5.83. The molecular formula is C17H21FN4. The normalized spacial score (nSPS) is 17.4. The first-order chi connectivity index (χ1) is 10.7. The van der Waals surface area contributed by atoms with Gasteiger partial charge in [-0.05, 0) is 43.6 Å². The third kappa shape index (κ3) is 3.60. The van der Waals surface area contributed by atoms with Crippen molar-refractivity contribution in [3.05, 3.63) is 53.9 Å². The van der Waals surface area contributed by atoms with Crippen molar-refractivity contribution in [2.45, 2.75) is 18.8 Å². The fraction of sp³-hybridized carbons (Fsp3) is 0.412. The first kappa shape index (κ1) is 14.9. The Kier molecular flexibility index (Phi) is 4.63. The predicted molar refractivity (Wildman–Crippen MR) is 84.9 cm³/mol. The van der Waals surface area contributed by atoms with Crippen LogP contribution in [-0.4, -0.2) is 39.3 Å². The first-order valence-corrected chi connectivity index (χ1v) is 7.71. The van der Waals surface area contributed by atoms with Crippen molar-refractivity contribution in [3.63, 3.8) is 0 Å². The minimum Gasteiger partial charge on any atom is -0.320 e. The fourth-order valence-electron chi connectivity index (χ4n) is 2.95. The number of benzene rings is 1. The molecule has 0 unspecified atom stereocenters. The van der Waals surface area contributed by atoms with Gasteiger partial charge >= 0.3 is 0 Å². The molecule has 22 heavy (non-hydrogen) atoms. The SMILES string of the molecule is Cn1cnnc1C1CCN(CC=Cc2ccc(F)cc2)CC1. The Hall–Kier alpha value is -2.01. The van der Waals surface area contributed by atoms with Crippen molar-refractivity contribution in [2.75, 3.05) is 19.6 Å². The lowest BCUT2D eigenvalue weighted by Crippen LogP contribution is -2.33. The molecular weight excluding hydrogens is 279 g/mol. The quantitative estimate of drug-likeness (QED) is 0.870. The average Bonchev–Trinajstić information content (AvgIpc) is 2.96. The van der Waals surface area contributed by atoms with Crippen molar-refractivity contribution < 1.29 is 4.39 Å². The number of piperidine rings is 1. The van der Waals surface area contributed by atoms with E-state index >= 15 is 0 Å².